The van der Waals surface area contributed by atoms with Crippen LogP contribution in [0.3, 0.4) is 0 Å². The molecule has 1 aromatic heterocycles. The number of alkyl halides is 3. The van der Waals surface area contributed by atoms with Crippen LogP contribution in [-0.2, 0) is 19.3 Å². The zero-order chi connectivity index (χ0) is 15.5. The van der Waals surface area contributed by atoms with Crippen LogP contribution in [0, 0.1) is 0 Å². The van der Waals surface area contributed by atoms with Crippen LogP contribution in [0.2, 0.25) is 0 Å². The van der Waals surface area contributed by atoms with Crippen LogP contribution < -0.4 is 5.32 Å². The normalized spacial score (nSPS) is 11.9. The summed E-state index contributed by atoms with van der Waals surface area (Å²) in [6.45, 7) is 2.66. The number of aliphatic hydroxyl groups is 1. The van der Waals surface area contributed by atoms with E-state index in [1.54, 1.807) is 18.3 Å². The molecule has 1 aromatic carbocycles. The van der Waals surface area contributed by atoms with E-state index < -0.39 is 18.3 Å². The van der Waals surface area contributed by atoms with Gasteiger partial charge in [0.2, 0.25) is 0 Å². The van der Waals surface area contributed by atoms with Gasteiger partial charge in [-0.05, 0) is 24.7 Å². The topological polar surface area (TPSA) is 37.2 Å². The number of nitrogens with zero attached hydrogens (tertiary/aromatic N) is 1. The van der Waals surface area contributed by atoms with Gasteiger partial charge in [0.25, 0.3) is 0 Å². The van der Waals surface area contributed by atoms with Crippen LogP contribution in [-0.4, -0.2) is 16.2 Å². The van der Waals surface area contributed by atoms with Gasteiger partial charge in [0, 0.05) is 24.0 Å². The predicted molar refractivity (Wildman–Crippen MR) is 74.1 cm³/mol. The highest BCUT2D eigenvalue weighted by Gasteiger charge is 2.35. The number of aromatic nitrogens is 1. The lowest BCUT2D eigenvalue weighted by Crippen LogP contribution is -2.18. The molecule has 0 aliphatic carbocycles. The molecular weight excluding hydrogens is 281 g/mol. The monoisotopic (exact) mass is 298 g/mol. The summed E-state index contributed by atoms with van der Waals surface area (Å²) in [4.78, 5) is 0. The molecule has 0 amide bonds. The van der Waals surface area contributed by atoms with Gasteiger partial charge < -0.3 is 15.0 Å². The zero-order valence-electron chi connectivity index (χ0n) is 11.6. The lowest BCUT2D eigenvalue weighted by Gasteiger charge is -2.19. The predicted octanol–water partition coefficient (Wildman–Crippen LogP) is 3.10. The quantitative estimate of drug-likeness (QED) is 0.890. The second-order valence-electron chi connectivity index (χ2n) is 4.62. The molecule has 0 saturated heterocycles. The van der Waals surface area contributed by atoms with Crippen LogP contribution >= 0.6 is 0 Å². The molecule has 0 aliphatic rings. The number of para-hydroxylation sites is 1. The third kappa shape index (κ3) is 3.28. The minimum absolute atomic E-state index is 0.00889. The van der Waals surface area contributed by atoms with Crippen molar-refractivity contribution in [3.63, 3.8) is 0 Å². The fraction of sp³-hybridized carbons (Fsp3) is 0.333. The van der Waals surface area contributed by atoms with Crippen molar-refractivity contribution in [3.8, 4) is 5.69 Å². The highest BCUT2D eigenvalue weighted by molar-refractivity contribution is 5.51. The molecule has 0 fully saturated rings. The molecule has 3 nitrogen and oxygen atoms in total. The Balaban J connectivity index is 2.59. The third-order valence-electron chi connectivity index (χ3n) is 3.23. The van der Waals surface area contributed by atoms with E-state index >= 15 is 0 Å². The first kappa shape index (κ1) is 15.6. The van der Waals surface area contributed by atoms with E-state index in [0.29, 0.717) is 12.2 Å². The number of halogens is 3. The number of nitrogens with one attached hydrogen (secondary N) is 1. The van der Waals surface area contributed by atoms with Crippen LogP contribution in [0.15, 0.2) is 36.5 Å². The smallest absolute Gasteiger partial charge is 0.392 e. The summed E-state index contributed by atoms with van der Waals surface area (Å²) >= 11 is 0. The Morgan fingerprint density at radius 2 is 1.95 bits per heavy atom. The maximum Gasteiger partial charge on any atom is 0.418 e. The van der Waals surface area contributed by atoms with Gasteiger partial charge in [0.1, 0.15) is 0 Å². The van der Waals surface area contributed by atoms with Gasteiger partial charge in [-0.3, -0.25) is 0 Å². The zero-order valence-corrected chi connectivity index (χ0v) is 11.6. The van der Waals surface area contributed by atoms with Crippen molar-refractivity contribution in [2.45, 2.75) is 26.3 Å². The first-order chi connectivity index (χ1) is 9.99. The molecule has 2 N–H and O–H groups in total. The SMILES string of the molecule is CCNCc1cccn1-c1c(CO)cccc1C(F)(F)F. The lowest BCUT2D eigenvalue weighted by atomic mass is 10.1. The fourth-order valence-corrected chi connectivity index (χ4v) is 2.26. The maximum atomic E-state index is 13.2. The molecule has 2 rings (SSSR count). The summed E-state index contributed by atoms with van der Waals surface area (Å²) in [5.41, 5.74) is 0.204. The molecule has 2 aromatic rings. The minimum atomic E-state index is -4.47. The largest absolute Gasteiger partial charge is 0.418 e. The second kappa shape index (κ2) is 6.32. The van der Waals surface area contributed by atoms with Crippen LogP contribution in [0.5, 0.6) is 0 Å². The molecule has 0 atom stereocenters. The summed E-state index contributed by atoms with van der Waals surface area (Å²) < 4.78 is 41.2. The summed E-state index contributed by atoms with van der Waals surface area (Å²) in [6.07, 6.45) is -2.89. The van der Waals surface area contributed by atoms with Crippen molar-refractivity contribution < 1.29 is 18.3 Å². The van der Waals surface area contributed by atoms with Gasteiger partial charge >= 0.3 is 6.18 Å². The van der Waals surface area contributed by atoms with E-state index in [2.05, 4.69) is 5.32 Å². The molecule has 0 aliphatic heterocycles. The summed E-state index contributed by atoms with van der Waals surface area (Å²) in [6, 6.07) is 7.30. The molecule has 1 heterocycles. The van der Waals surface area contributed by atoms with E-state index in [-0.39, 0.29) is 11.3 Å². The van der Waals surface area contributed by atoms with Crippen molar-refractivity contribution in [1.29, 1.82) is 0 Å². The average Bonchev–Trinajstić information content (AvgIpc) is 2.91. The molecule has 0 unspecified atom stereocenters. The molecule has 6 heteroatoms. The van der Waals surface area contributed by atoms with Gasteiger partial charge in [-0.2, -0.15) is 13.2 Å². The number of hydrogen-bond acceptors (Lipinski definition) is 2. The fourth-order valence-electron chi connectivity index (χ4n) is 2.26. The van der Waals surface area contributed by atoms with Crippen molar-refractivity contribution >= 4 is 0 Å². The molecule has 0 saturated carbocycles. The average molecular weight is 298 g/mol. The molecule has 0 spiro atoms. The van der Waals surface area contributed by atoms with E-state index in [9.17, 15) is 18.3 Å². The van der Waals surface area contributed by atoms with E-state index in [0.717, 1.165) is 12.6 Å². The Bertz CT molecular complexity index is 605. The number of hydrogen-bond donors (Lipinski definition) is 2. The van der Waals surface area contributed by atoms with Crippen molar-refractivity contribution in [3.05, 3.63) is 53.3 Å². The lowest BCUT2D eigenvalue weighted by molar-refractivity contribution is -0.137. The Morgan fingerprint density at radius 3 is 2.57 bits per heavy atom. The highest BCUT2D eigenvalue weighted by atomic mass is 19.4. The molecule has 0 bridgehead atoms. The Kier molecular flexibility index (Phi) is 4.69. The molecular formula is C15H17F3N2O. The minimum Gasteiger partial charge on any atom is -0.392 e. The standard InChI is InChI=1S/C15H17F3N2O/c1-2-19-9-12-6-4-8-20(12)14-11(10-21)5-3-7-13(14)15(16,17)18/h3-8,19,21H,2,9-10H2,1H3. The maximum absolute atomic E-state index is 13.2. The van der Waals surface area contributed by atoms with Crippen molar-refractivity contribution in [2.75, 3.05) is 6.54 Å². The van der Waals surface area contributed by atoms with Gasteiger partial charge in [-0.25, -0.2) is 0 Å². The second-order valence-corrected chi connectivity index (χ2v) is 4.62. The van der Waals surface area contributed by atoms with Crippen LogP contribution in [0.1, 0.15) is 23.7 Å². The van der Waals surface area contributed by atoms with Crippen LogP contribution in [0.25, 0.3) is 5.69 Å². The van der Waals surface area contributed by atoms with E-state index in [1.165, 1.54) is 16.7 Å². The van der Waals surface area contributed by atoms with Gasteiger partial charge in [0.15, 0.2) is 0 Å². The van der Waals surface area contributed by atoms with Crippen molar-refractivity contribution in [2.24, 2.45) is 0 Å². The molecule has 0 radical (unpaired) electrons. The molecule has 114 valence electrons. The Morgan fingerprint density at radius 1 is 1.19 bits per heavy atom. The van der Waals surface area contributed by atoms with Gasteiger partial charge in [-0.1, -0.05) is 19.1 Å². The Labute approximate surface area is 121 Å². The van der Waals surface area contributed by atoms with E-state index in [1.807, 2.05) is 6.92 Å². The first-order valence-corrected chi connectivity index (χ1v) is 6.66. The highest BCUT2D eigenvalue weighted by Crippen LogP contribution is 2.36. The summed E-state index contributed by atoms with van der Waals surface area (Å²) in [7, 11) is 0. The Hall–Kier alpha value is -1.79. The number of rotatable bonds is 5. The molecule has 21 heavy (non-hydrogen) atoms. The van der Waals surface area contributed by atoms with Crippen molar-refractivity contribution in [1.82, 2.24) is 9.88 Å². The third-order valence-corrected chi connectivity index (χ3v) is 3.23. The van der Waals surface area contributed by atoms with Gasteiger partial charge in [-0.15, -0.1) is 0 Å². The summed E-state index contributed by atoms with van der Waals surface area (Å²) in [5, 5.41) is 12.5. The van der Waals surface area contributed by atoms with Gasteiger partial charge in [0.05, 0.1) is 17.9 Å². The summed E-state index contributed by atoms with van der Waals surface area (Å²) in [5.74, 6) is 0. The first-order valence-electron chi connectivity index (χ1n) is 6.66. The van der Waals surface area contributed by atoms with Crippen LogP contribution in [0.4, 0.5) is 13.2 Å². The number of aliphatic hydroxyl groups excluding tert-OH is 1. The number of benzene rings is 1. The van der Waals surface area contributed by atoms with E-state index in [4.69, 9.17) is 0 Å².